The molecule has 1 aromatic carbocycles. The third-order valence-electron chi connectivity index (χ3n) is 3.90. The fourth-order valence-electron chi connectivity index (χ4n) is 2.50. The van der Waals surface area contributed by atoms with Gasteiger partial charge in [-0.05, 0) is 60.6 Å². The normalized spacial score (nSPS) is 14.5. The number of carbonyl (C=O) groups is 2. The Kier molecular flexibility index (Phi) is 8.71. The largest absolute Gasteiger partial charge is 0.464 e. The van der Waals surface area contributed by atoms with E-state index in [0.717, 1.165) is 5.56 Å². The van der Waals surface area contributed by atoms with Gasteiger partial charge in [-0.25, -0.2) is 22.7 Å². The Hall–Kier alpha value is -1.84. The summed E-state index contributed by atoms with van der Waals surface area (Å²) >= 11 is 6.45. The van der Waals surface area contributed by atoms with Crippen LogP contribution in [0.15, 0.2) is 29.2 Å². The number of rotatable bonds is 8. The number of esters is 1. The van der Waals surface area contributed by atoms with Crippen molar-refractivity contribution in [3.63, 3.8) is 0 Å². The lowest BCUT2D eigenvalue weighted by Gasteiger charge is -2.35. The van der Waals surface area contributed by atoms with Crippen LogP contribution in [0.3, 0.4) is 0 Å². The van der Waals surface area contributed by atoms with E-state index < -0.39 is 44.6 Å². The van der Waals surface area contributed by atoms with Crippen molar-refractivity contribution in [2.24, 2.45) is 0 Å². The van der Waals surface area contributed by atoms with Crippen molar-refractivity contribution in [3.8, 4) is 0 Å². The minimum Gasteiger partial charge on any atom is -0.464 e. The van der Waals surface area contributed by atoms with Crippen LogP contribution < -0.4 is 10.0 Å². The van der Waals surface area contributed by atoms with Crippen LogP contribution in [0.1, 0.15) is 47.1 Å². The smallest absolute Gasteiger partial charge is 0.408 e. The van der Waals surface area contributed by atoms with Gasteiger partial charge in [0, 0.05) is 0 Å². The minimum absolute atomic E-state index is 0.00102. The maximum absolute atomic E-state index is 12.9. The van der Waals surface area contributed by atoms with Crippen LogP contribution in [0.25, 0.3) is 0 Å². The molecular formula is C20H31ClN2O6S. The molecule has 0 bridgehead atoms. The SMILES string of the molecule is CCOC(=O)[C@H](NC(=O)OC(C)(C)C)[C@H](NS(=O)(=O)c1ccc(C)cc1)C(C)(C)Cl. The Labute approximate surface area is 183 Å². The predicted octanol–water partition coefficient (Wildman–Crippen LogP) is 3.12. The highest BCUT2D eigenvalue weighted by molar-refractivity contribution is 7.89. The monoisotopic (exact) mass is 462 g/mol. The van der Waals surface area contributed by atoms with E-state index in [2.05, 4.69) is 10.0 Å². The fourth-order valence-corrected chi connectivity index (χ4v) is 4.14. The summed E-state index contributed by atoms with van der Waals surface area (Å²) in [6.45, 7) is 11.5. The molecule has 2 N–H and O–H groups in total. The molecular weight excluding hydrogens is 432 g/mol. The van der Waals surface area contributed by atoms with Gasteiger partial charge in [0.25, 0.3) is 0 Å². The summed E-state index contributed by atoms with van der Waals surface area (Å²) in [5.74, 6) is -0.839. The van der Waals surface area contributed by atoms with Crippen molar-refractivity contribution >= 4 is 33.7 Å². The van der Waals surface area contributed by atoms with E-state index in [0.29, 0.717) is 0 Å². The van der Waals surface area contributed by atoms with Crippen LogP contribution in [-0.4, -0.2) is 49.6 Å². The van der Waals surface area contributed by atoms with Crippen molar-refractivity contribution in [1.82, 2.24) is 10.0 Å². The molecule has 170 valence electrons. The highest BCUT2D eigenvalue weighted by atomic mass is 35.5. The lowest BCUT2D eigenvalue weighted by molar-refractivity contribution is -0.146. The number of sulfonamides is 1. The standard InChI is InChI=1S/C20H31ClN2O6S/c1-8-28-17(24)15(22-18(25)29-19(3,4)5)16(20(6,7)21)23-30(26,27)14-11-9-13(2)10-12-14/h9-12,15-16,23H,8H2,1-7H3,(H,22,25)/t15-,16+/m1/s1. The summed E-state index contributed by atoms with van der Waals surface area (Å²) in [7, 11) is -4.06. The van der Waals surface area contributed by atoms with Gasteiger partial charge in [-0.2, -0.15) is 0 Å². The van der Waals surface area contributed by atoms with Crippen LogP contribution >= 0.6 is 11.6 Å². The third kappa shape index (κ3) is 8.12. The summed E-state index contributed by atoms with van der Waals surface area (Å²) in [6.07, 6.45) is -0.902. The summed E-state index contributed by atoms with van der Waals surface area (Å²) in [5.41, 5.74) is 0.0654. The number of ether oxygens (including phenoxy) is 2. The number of aryl methyl sites for hydroxylation is 1. The molecule has 30 heavy (non-hydrogen) atoms. The highest BCUT2D eigenvalue weighted by Crippen LogP contribution is 2.24. The molecule has 8 nitrogen and oxygen atoms in total. The number of alkyl halides is 1. The summed E-state index contributed by atoms with van der Waals surface area (Å²) in [6, 6.07) is 3.52. The van der Waals surface area contributed by atoms with Gasteiger partial charge in [-0.3, -0.25) is 0 Å². The second kappa shape index (κ2) is 9.98. The molecule has 0 saturated heterocycles. The molecule has 0 fully saturated rings. The molecule has 0 spiro atoms. The van der Waals surface area contributed by atoms with Crippen molar-refractivity contribution in [2.45, 2.75) is 75.9 Å². The molecule has 1 rings (SSSR count). The van der Waals surface area contributed by atoms with Gasteiger partial charge < -0.3 is 14.8 Å². The van der Waals surface area contributed by atoms with Gasteiger partial charge in [0.1, 0.15) is 11.6 Å². The molecule has 0 aliphatic carbocycles. The second-order valence-corrected chi connectivity index (χ2v) is 11.0. The van der Waals surface area contributed by atoms with Crippen LogP contribution in [0.2, 0.25) is 0 Å². The second-order valence-electron chi connectivity index (χ2n) is 8.35. The molecule has 10 heteroatoms. The molecule has 0 unspecified atom stereocenters. The van der Waals surface area contributed by atoms with Crippen molar-refractivity contribution in [3.05, 3.63) is 29.8 Å². The molecule has 1 amide bonds. The Bertz CT molecular complexity index is 842. The van der Waals surface area contributed by atoms with Gasteiger partial charge in [0.15, 0.2) is 0 Å². The van der Waals surface area contributed by atoms with Gasteiger partial charge in [-0.1, -0.05) is 17.7 Å². The number of hydrogen-bond acceptors (Lipinski definition) is 6. The number of amides is 1. The lowest BCUT2D eigenvalue weighted by atomic mass is 9.96. The van der Waals surface area contributed by atoms with E-state index in [1.165, 1.54) is 26.0 Å². The number of alkyl carbamates (subject to hydrolysis) is 1. The number of halogens is 1. The fraction of sp³-hybridized carbons (Fsp3) is 0.600. The zero-order chi connectivity index (χ0) is 23.3. The molecule has 0 aliphatic heterocycles. The van der Waals surface area contributed by atoms with Crippen molar-refractivity contribution < 1.29 is 27.5 Å². The van der Waals surface area contributed by atoms with Crippen molar-refractivity contribution in [1.29, 1.82) is 0 Å². The number of hydrogen-bond donors (Lipinski definition) is 2. The Balaban J connectivity index is 3.31. The molecule has 0 aliphatic rings. The van der Waals surface area contributed by atoms with Gasteiger partial charge in [0.05, 0.1) is 22.4 Å². The molecule has 0 saturated carbocycles. The first-order chi connectivity index (χ1) is 13.6. The lowest BCUT2D eigenvalue weighted by Crippen LogP contribution is -2.62. The Morgan fingerprint density at radius 3 is 2.07 bits per heavy atom. The average molecular weight is 463 g/mol. The van der Waals surface area contributed by atoms with Crippen LogP contribution in [-0.2, 0) is 24.3 Å². The topological polar surface area (TPSA) is 111 Å². The molecule has 2 atom stereocenters. The first-order valence-corrected chi connectivity index (χ1v) is 11.4. The summed E-state index contributed by atoms with van der Waals surface area (Å²) < 4.78 is 38.6. The van der Waals surface area contributed by atoms with E-state index >= 15 is 0 Å². The molecule has 0 heterocycles. The minimum atomic E-state index is -4.06. The number of benzene rings is 1. The Morgan fingerprint density at radius 2 is 1.63 bits per heavy atom. The third-order valence-corrected chi connectivity index (χ3v) is 5.59. The van der Waals surface area contributed by atoms with Gasteiger partial charge in [-0.15, -0.1) is 11.6 Å². The molecule has 0 aromatic heterocycles. The average Bonchev–Trinajstić information content (AvgIpc) is 2.56. The molecule has 0 radical (unpaired) electrons. The van der Waals surface area contributed by atoms with Gasteiger partial charge in [0.2, 0.25) is 10.0 Å². The van der Waals surface area contributed by atoms with E-state index in [9.17, 15) is 18.0 Å². The zero-order valence-electron chi connectivity index (χ0n) is 18.4. The summed E-state index contributed by atoms with van der Waals surface area (Å²) in [5, 5.41) is 2.40. The quantitative estimate of drug-likeness (QED) is 0.453. The van der Waals surface area contributed by atoms with E-state index in [1.54, 1.807) is 39.8 Å². The van der Waals surface area contributed by atoms with Crippen molar-refractivity contribution in [2.75, 3.05) is 6.61 Å². The van der Waals surface area contributed by atoms with E-state index in [-0.39, 0.29) is 11.5 Å². The summed E-state index contributed by atoms with van der Waals surface area (Å²) in [4.78, 5) is 23.7. The molecule has 1 aromatic rings. The van der Waals surface area contributed by atoms with Crippen LogP contribution in [0, 0.1) is 6.92 Å². The van der Waals surface area contributed by atoms with E-state index in [1.807, 2.05) is 6.92 Å². The number of nitrogens with one attached hydrogen (secondary N) is 2. The van der Waals surface area contributed by atoms with Crippen LogP contribution in [0.5, 0.6) is 0 Å². The highest BCUT2D eigenvalue weighted by Gasteiger charge is 2.43. The van der Waals surface area contributed by atoms with Crippen LogP contribution in [0.4, 0.5) is 4.79 Å². The maximum Gasteiger partial charge on any atom is 0.408 e. The predicted molar refractivity (Wildman–Crippen MR) is 115 cm³/mol. The number of carbonyl (C=O) groups excluding carboxylic acids is 2. The van der Waals surface area contributed by atoms with Gasteiger partial charge >= 0.3 is 12.1 Å². The maximum atomic E-state index is 12.9. The van der Waals surface area contributed by atoms with E-state index in [4.69, 9.17) is 21.1 Å². The Morgan fingerprint density at radius 1 is 1.10 bits per heavy atom. The first-order valence-electron chi connectivity index (χ1n) is 9.51. The zero-order valence-corrected chi connectivity index (χ0v) is 20.0. The first kappa shape index (κ1) is 26.2.